The first-order valence-electron chi connectivity index (χ1n) is 7.52. The average Bonchev–Trinajstić information content (AvgIpc) is 2.46. The van der Waals surface area contributed by atoms with Gasteiger partial charge in [0.05, 0.1) is 0 Å². The lowest BCUT2D eigenvalue weighted by Gasteiger charge is -2.28. The van der Waals surface area contributed by atoms with Crippen molar-refractivity contribution in [1.82, 2.24) is 4.90 Å². The second-order valence-electron chi connectivity index (χ2n) is 5.73. The summed E-state index contributed by atoms with van der Waals surface area (Å²) in [4.78, 5) is 13.6. The van der Waals surface area contributed by atoms with E-state index in [9.17, 15) is 4.79 Å². The largest absolute Gasteiger partial charge is 0.345 e. The van der Waals surface area contributed by atoms with Crippen LogP contribution in [-0.4, -0.2) is 28.2 Å². The van der Waals surface area contributed by atoms with Crippen LogP contribution in [0, 0.1) is 0 Å². The minimum absolute atomic E-state index is 0.404. The van der Waals surface area contributed by atoms with E-state index < -0.39 is 10.2 Å². The smallest absolute Gasteiger partial charge is 0.299 e. The van der Waals surface area contributed by atoms with Gasteiger partial charge in [-0.15, -0.1) is 0 Å². The van der Waals surface area contributed by atoms with E-state index in [2.05, 4.69) is 34.9 Å². The molecular weight excluding hydrogens is 307 g/mol. The molecule has 5 heteroatoms. The van der Waals surface area contributed by atoms with E-state index in [0.717, 1.165) is 45.3 Å². The number of carbonyl (C=O) groups excluding carboxylic acids is 1. The Hall–Kier alpha value is -0.610. The highest BCUT2D eigenvalue weighted by atomic mass is 35.5. The summed E-state index contributed by atoms with van der Waals surface area (Å²) in [5, 5.41) is 0. The quantitative estimate of drug-likeness (QED) is 0.617. The molecule has 3 nitrogen and oxygen atoms in total. The Bertz CT molecular complexity index is 491. The van der Waals surface area contributed by atoms with Crippen LogP contribution in [0.5, 0.6) is 0 Å². The molecule has 1 aromatic carbocycles. The van der Waals surface area contributed by atoms with Crippen molar-refractivity contribution in [3.8, 4) is 0 Å². The molecule has 0 aromatic heterocycles. The number of carbonyl (C=O) groups is 1. The van der Waals surface area contributed by atoms with Gasteiger partial charge >= 0.3 is 5.91 Å². The second-order valence-corrected chi connectivity index (χ2v) is 7.22. The van der Waals surface area contributed by atoms with Crippen molar-refractivity contribution in [2.45, 2.75) is 43.0 Å². The second kappa shape index (κ2) is 7.59. The van der Waals surface area contributed by atoms with Crippen molar-refractivity contribution < 1.29 is 10.5 Å². The fraction of sp³-hybridized carbons (Fsp3) is 0.562. The number of hydrogen-bond acceptors (Lipinski definition) is 2. The van der Waals surface area contributed by atoms with E-state index in [1.165, 1.54) is 11.1 Å². The van der Waals surface area contributed by atoms with Crippen molar-refractivity contribution in [2.75, 3.05) is 13.1 Å². The predicted octanol–water partition coefficient (Wildman–Crippen LogP) is 2.55. The van der Waals surface area contributed by atoms with Gasteiger partial charge in [-0.1, -0.05) is 53.9 Å². The van der Waals surface area contributed by atoms with Crippen LogP contribution >= 0.6 is 23.2 Å². The van der Waals surface area contributed by atoms with Crippen molar-refractivity contribution in [3.05, 3.63) is 35.4 Å². The van der Waals surface area contributed by atoms with Crippen LogP contribution in [0.25, 0.3) is 0 Å². The first-order valence-corrected chi connectivity index (χ1v) is 8.28. The van der Waals surface area contributed by atoms with Crippen molar-refractivity contribution >= 4 is 29.1 Å². The average molecular weight is 330 g/mol. The summed E-state index contributed by atoms with van der Waals surface area (Å²) in [7, 11) is 0. The highest BCUT2D eigenvalue weighted by Gasteiger charge is 2.33. The molecule has 0 atom stereocenters. The fourth-order valence-electron chi connectivity index (χ4n) is 2.74. The Kier molecular flexibility index (Phi) is 6.06. The van der Waals surface area contributed by atoms with Crippen molar-refractivity contribution in [1.29, 1.82) is 0 Å². The number of rotatable bonds is 7. The van der Waals surface area contributed by atoms with Crippen molar-refractivity contribution in [3.63, 3.8) is 0 Å². The van der Waals surface area contributed by atoms with Gasteiger partial charge in [0.15, 0.2) is 0 Å². The molecule has 0 spiro atoms. The van der Waals surface area contributed by atoms with E-state index in [-0.39, 0.29) is 0 Å². The maximum atomic E-state index is 11.1. The molecule has 0 bridgehead atoms. The molecule has 0 fully saturated rings. The molecule has 116 valence electrons. The Balaban J connectivity index is 1.66. The Morgan fingerprint density at radius 2 is 1.90 bits per heavy atom. The normalized spacial score (nSPS) is 15.8. The molecule has 3 N–H and O–H groups in total. The number of benzene rings is 1. The van der Waals surface area contributed by atoms with Gasteiger partial charge in [-0.2, -0.15) is 0 Å². The minimum atomic E-state index is -1.30. The molecule has 1 aromatic rings. The maximum absolute atomic E-state index is 11.1. The van der Waals surface area contributed by atoms with Crippen molar-refractivity contribution in [2.24, 2.45) is 0 Å². The van der Waals surface area contributed by atoms with E-state index in [1.54, 1.807) is 0 Å². The lowest BCUT2D eigenvalue weighted by atomic mass is 9.99. The summed E-state index contributed by atoms with van der Waals surface area (Å²) in [6.45, 7) is 3.26. The van der Waals surface area contributed by atoms with Gasteiger partial charge in [0, 0.05) is 13.1 Å². The third-order valence-electron chi connectivity index (χ3n) is 4.08. The molecule has 1 amide bonds. The Morgan fingerprint density at radius 3 is 2.62 bits per heavy atom. The lowest BCUT2D eigenvalue weighted by molar-refractivity contribution is -0.306. The molecular formula is C16H23Cl2N2O+. The number of alkyl halides is 2. The first kappa shape index (κ1) is 16.8. The lowest BCUT2D eigenvalue weighted by Crippen LogP contribution is -2.64. The van der Waals surface area contributed by atoms with E-state index >= 15 is 0 Å². The summed E-state index contributed by atoms with van der Waals surface area (Å²) in [6, 6.07) is 8.67. The number of quaternary nitrogens is 1. The summed E-state index contributed by atoms with van der Waals surface area (Å²) >= 11 is 11.8. The standard InChI is InChI=1S/C16H22Cl2N2O/c17-16(18,15(19)21)9-4-1-5-10-20-11-8-13-6-2-3-7-14(13)12-20/h2-3,6-7H,1,4-5,8-12H2,(H2,19,21)/p+1. The molecule has 2 rings (SSSR count). The molecule has 0 saturated carbocycles. The van der Waals surface area contributed by atoms with Crippen LogP contribution in [0.15, 0.2) is 24.3 Å². The van der Waals surface area contributed by atoms with Gasteiger partial charge in [-0.3, -0.25) is 10.6 Å². The third-order valence-corrected chi connectivity index (χ3v) is 4.88. The summed E-state index contributed by atoms with van der Waals surface area (Å²) < 4.78 is -1.30. The summed E-state index contributed by atoms with van der Waals surface area (Å²) in [5.74, 6) is -0.404. The molecule has 1 heterocycles. The molecule has 1 aliphatic heterocycles. The van der Waals surface area contributed by atoms with Gasteiger partial charge in [-0.05, 0) is 43.4 Å². The minimum Gasteiger partial charge on any atom is -0.299 e. The molecule has 0 radical (unpaired) electrons. The zero-order valence-electron chi connectivity index (χ0n) is 12.3. The Morgan fingerprint density at radius 1 is 1.19 bits per heavy atom. The van der Waals surface area contributed by atoms with Gasteiger partial charge in [0.1, 0.15) is 0 Å². The number of amides is 1. The van der Waals surface area contributed by atoms with E-state index in [1.807, 2.05) is 0 Å². The van der Waals surface area contributed by atoms with Crippen LogP contribution in [0.3, 0.4) is 0 Å². The zero-order valence-corrected chi connectivity index (χ0v) is 13.8. The summed E-state index contributed by atoms with van der Waals surface area (Å²) in [6.07, 6.45) is 4.63. The monoisotopic (exact) mass is 329 g/mol. The molecule has 0 saturated heterocycles. The number of fused-ring (bicyclic) bond motifs is 1. The predicted molar refractivity (Wildman–Crippen MR) is 86.2 cm³/mol. The molecule has 0 unspecified atom stereocenters. The number of hydrogen-bond donors (Lipinski definition) is 1. The van der Waals surface area contributed by atoms with E-state index in [0.29, 0.717) is 6.42 Å². The van der Waals surface area contributed by atoms with Gasteiger partial charge in [-0.25, -0.2) is 4.79 Å². The zero-order chi connectivity index (χ0) is 15.3. The molecule has 1 aliphatic rings. The van der Waals surface area contributed by atoms with Gasteiger partial charge in [0.2, 0.25) is 4.33 Å². The first-order chi connectivity index (χ1) is 9.99. The number of halogens is 2. The SMILES string of the molecule is [NH3+]C(=O)C(Cl)(Cl)CCCCCN1CCc2ccccc2C1. The fourth-order valence-corrected chi connectivity index (χ4v) is 3.01. The van der Waals surface area contributed by atoms with E-state index in [4.69, 9.17) is 23.2 Å². The number of nitrogens with zero attached hydrogens (tertiary/aromatic N) is 1. The van der Waals surface area contributed by atoms with Crippen LogP contribution in [0.2, 0.25) is 0 Å². The highest BCUT2D eigenvalue weighted by Crippen LogP contribution is 2.27. The van der Waals surface area contributed by atoms with Gasteiger partial charge in [0.25, 0.3) is 0 Å². The van der Waals surface area contributed by atoms with Crippen LogP contribution in [0.4, 0.5) is 0 Å². The highest BCUT2D eigenvalue weighted by molar-refractivity contribution is 6.57. The van der Waals surface area contributed by atoms with Gasteiger partial charge < -0.3 is 0 Å². The van der Waals surface area contributed by atoms with Crippen LogP contribution in [0.1, 0.15) is 36.8 Å². The number of unbranched alkanes of at least 4 members (excludes halogenated alkanes) is 2. The Labute approximate surface area is 136 Å². The summed E-state index contributed by atoms with van der Waals surface area (Å²) in [5.41, 5.74) is 6.23. The molecule has 21 heavy (non-hydrogen) atoms. The molecule has 0 aliphatic carbocycles. The van der Waals surface area contributed by atoms with Crippen LogP contribution in [-0.2, 0) is 17.8 Å². The maximum Gasteiger partial charge on any atom is 0.345 e. The third kappa shape index (κ3) is 4.96. The van der Waals surface area contributed by atoms with Crippen LogP contribution < -0.4 is 5.73 Å². The topological polar surface area (TPSA) is 48.0 Å².